The van der Waals surface area contributed by atoms with Gasteiger partial charge in [-0.3, -0.25) is 4.79 Å². The average molecular weight is 245 g/mol. The summed E-state index contributed by atoms with van der Waals surface area (Å²) in [5.41, 5.74) is 0.684. The summed E-state index contributed by atoms with van der Waals surface area (Å²) in [7, 11) is 0. The molecule has 1 aliphatic heterocycles. The van der Waals surface area contributed by atoms with Gasteiger partial charge in [-0.1, -0.05) is 0 Å². The van der Waals surface area contributed by atoms with Crippen molar-refractivity contribution in [1.29, 1.82) is 0 Å². The first kappa shape index (κ1) is 13.1. The van der Waals surface area contributed by atoms with Crippen LogP contribution in [-0.4, -0.2) is 36.5 Å². The number of piperazine rings is 1. The SMILES string of the molecule is Cc1occc1C(=O)N1CCNC[C@H]1C.Cl. The fourth-order valence-corrected chi connectivity index (χ4v) is 1.90. The van der Waals surface area contributed by atoms with Gasteiger partial charge in [-0.25, -0.2) is 0 Å². The van der Waals surface area contributed by atoms with Crippen LogP contribution in [0.3, 0.4) is 0 Å². The fraction of sp³-hybridized carbons (Fsp3) is 0.545. The second-order valence-electron chi connectivity index (χ2n) is 3.94. The minimum Gasteiger partial charge on any atom is -0.469 e. The molecule has 1 aliphatic rings. The average Bonchev–Trinajstić information content (AvgIpc) is 2.64. The van der Waals surface area contributed by atoms with Gasteiger partial charge in [-0.05, 0) is 19.9 Å². The highest BCUT2D eigenvalue weighted by Gasteiger charge is 2.25. The monoisotopic (exact) mass is 244 g/mol. The van der Waals surface area contributed by atoms with E-state index in [1.165, 1.54) is 0 Å². The zero-order valence-corrected chi connectivity index (χ0v) is 10.3. The lowest BCUT2D eigenvalue weighted by atomic mass is 10.1. The molecule has 16 heavy (non-hydrogen) atoms. The molecule has 0 aromatic carbocycles. The molecule has 1 fully saturated rings. The number of nitrogens with one attached hydrogen (secondary N) is 1. The highest BCUT2D eigenvalue weighted by Crippen LogP contribution is 2.14. The Kier molecular flexibility index (Phi) is 4.38. The van der Waals surface area contributed by atoms with Crippen molar-refractivity contribution in [2.45, 2.75) is 19.9 Å². The van der Waals surface area contributed by atoms with Gasteiger partial charge in [0.05, 0.1) is 11.8 Å². The molecule has 90 valence electrons. The van der Waals surface area contributed by atoms with Crippen molar-refractivity contribution < 1.29 is 9.21 Å². The molecule has 1 atom stereocenters. The quantitative estimate of drug-likeness (QED) is 0.813. The number of rotatable bonds is 1. The van der Waals surface area contributed by atoms with Gasteiger partial charge in [0.2, 0.25) is 0 Å². The molecular formula is C11H17ClN2O2. The third-order valence-corrected chi connectivity index (χ3v) is 2.85. The van der Waals surface area contributed by atoms with E-state index >= 15 is 0 Å². The third-order valence-electron chi connectivity index (χ3n) is 2.85. The van der Waals surface area contributed by atoms with Crippen molar-refractivity contribution in [3.63, 3.8) is 0 Å². The largest absolute Gasteiger partial charge is 0.469 e. The molecule has 0 saturated carbocycles. The minimum absolute atomic E-state index is 0. The smallest absolute Gasteiger partial charge is 0.257 e. The molecule has 1 aromatic rings. The third kappa shape index (κ3) is 2.39. The van der Waals surface area contributed by atoms with Gasteiger partial charge in [-0.15, -0.1) is 12.4 Å². The highest BCUT2D eigenvalue weighted by atomic mass is 35.5. The molecule has 0 aliphatic carbocycles. The van der Waals surface area contributed by atoms with E-state index in [4.69, 9.17) is 4.42 Å². The predicted molar refractivity (Wildman–Crippen MR) is 64.1 cm³/mol. The summed E-state index contributed by atoms with van der Waals surface area (Å²) in [5, 5.41) is 3.26. The minimum atomic E-state index is 0. The second-order valence-corrected chi connectivity index (χ2v) is 3.94. The molecule has 1 saturated heterocycles. The molecular weight excluding hydrogens is 228 g/mol. The molecule has 0 bridgehead atoms. The molecule has 1 amide bonds. The summed E-state index contributed by atoms with van der Waals surface area (Å²) in [6.07, 6.45) is 1.56. The van der Waals surface area contributed by atoms with Crippen LogP contribution in [0.25, 0.3) is 0 Å². The molecule has 5 heteroatoms. The Morgan fingerprint density at radius 1 is 1.62 bits per heavy atom. The first-order valence-corrected chi connectivity index (χ1v) is 5.26. The Morgan fingerprint density at radius 3 is 2.94 bits per heavy atom. The first-order valence-electron chi connectivity index (χ1n) is 5.26. The normalized spacial score (nSPS) is 20.4. The lowest BCUT2D eigenvalue weighted by molar-refractivity contribution is 0.0654. The summed E-state index contributed by atoms with van der Waals surface area (Å²) < 4.78 is 5.15. The van der Waals surface area contributed by atoms with E-state index in [0.717, 1.165) is 19.6 Å². The zero-order valence-electron chi connectivity index (χ0n) is 9.53. The maximum atomic E-state index is 12.1. The van der Waals surface area contributed by atoms with E-state index in [9.17, 15) is 4.79 Å². The summed E-state index contributed by atoms with van der Waals surface area (Å²) >= 11 is 0. The zero-order chi connectivity index (χ0) is 10.8. The number of nitrogens with zero attached hydrogens (tertiary/aromatic N) is 1. The van der Waals surface area contributed by atoms with Crippen LogP contribution in [0.4, 0.5) is 0 Å². The van der Waals surface area contributed by atoms with Crippen LogP contribution in [0.15, 0.2) is 16.7 Å². The summed E-state index contributed by atoms with van der Waals surface area (Å²) in [6, 6.07) is 1.99. The maximum Gasteiger partial charge on any atom is 0.257 e. The number of hydrogen-bond acceptors (Lipinski definition) is 3. The van der Waals surface area contributed by atoms with Gasteiger partial charge in [0.25, 0.3) is 5.91 Å². The Hall–Kier alpha value is -1.00. The number of aryl methyl sites for hydroxylation is 1. The molecule has 1 N–H and O–H groups in total. The van der Waals surface area contributed by atoms with Gasteiger partial charge in [0, 0.05) is 25.7 Å². The lowest BCUT2D eigenvalue weighted by Crippen LogP contribution is -2.52. The van der Waals surface area contributed by atoms with Gasteiger partial charge in [0.15, 0.2) is 0 Å². The molecule has 2 heterocycles. The van der Waals surface area contributed by atoms with Crippen LogP contribution in [0.2, 0.25) is 0 Å². The topological polar surface area (TPSA) is 45.5 Å². The van der Waals surface area contributed by atoms with Crippen LogP contribution >= 0.6 is 12.4 Å². The van der Waals surface area contributed by atoms with Crippen LogP contribution in [0.5, 0.6) is 0 Å². The van der Waals surface area contributed by atoms with Gasteiger partial charge >= 0.3 is 0 Å². The van der Waals surface area contributed by atoms with Gasteiger partial charge in [-0.2, -0.15) is 0 Å². The van der Waals surface area contributed by atoms with Crippen molar-refractivity contribution in [3.8, 4) is 0 Å². The predicted octanol–water partition coefficient (Wildman–Crippen LogP) is 1.44. The summed E-state index contributed by atoms with van der Waals surface area (Å²) in [5.74, 6) is 0.779. The fourth-order valence-electron chi connectivity index (χ4n) is 1.90. The van der Waals surface area contributed by atoms with Crippen molar-refractivity contribution in [1.82, 2.24) is 10.2 Å². The summed E-state index contributed by atoms with van der Waals surface area (Å²) in [6.45, 7) is 6.37. The molecule has 2 rings (SSSR count). The van der Waals surface area contributed by atoms with E-state index in [0.29, 0.717) is 11.3 Å². The first-order chi connectivity index (χ1) is 7.20. The van der Waals surface area contributed by atoms with E-state index in [-0.39, 0.29) is 24.4 Å². The molecule has 0 unspecified atom stereocenters. The number of amides is 1. The van der Waals surface area contributed by atoms with Crippen molar-refractivity contribution >= 4 is 18.3 Å². The Bertz CT molecular complexity index is 365. The van der Waals surface area contributed by atoms with Gasteiger partial charge < -0.3 is 14.6 Å². The van der Waals surface area contributed by atoms with E-state index in [2.05, 4.69) is 12.2 Å². The number of furan rings is 1. The van der Waals surface area contributed by atoms with Crippen molar-refractivity contribution in [3.05, 3.63) is 23.7 Å². The molecule has 0 radical (unpaired) electrons. The maximum absolute atomic E-state index is 12.1. The summed E-state index contributed by atoms with van der Waals surface area (Å²) in [4.78, 5) is 14.0. The van der Waals surface area contributed by atoms with Crippen LogP contribution in [-0.2, 0) is 0 Å². The second kappa shape index (κ2) is 5.37. The standard InChI is InChI=1S/C11H16N2O2.ClH/c1-8-7-12-4-5-13(8)11(14)10-3-6-15-9(10)2;/h3,6,8,12H,4-5,7H2,1-2H3;1H/t8-;/m1./s1. The molecule has 4 nitrogen and oxygen atoms in total. The lowest BCUT2D eigenvalue weighted by Gasteiger charge is -2.33. The number of carbonyl (C=O) groups excluding carboxylic acids is 1. The van der Waals surface area contributed by atoms with Gasteiger partial charge in [0.1, 0.15) is 5.76 Å². The van der Waals surface area contributed by atoms with E-state index in [1.54, 1.807) is 12.3 Å². The molecule has 0 spiro atoms. The molecule has 1 aromatic heterocycles. The Labute approximate surface area is 101 Å². The van der Waals surface area contributed by atoms with E-state index < -0.39 is 0 Å². The van der Waals surface area contributed by atoms with Crippen molar-refractivity contribution in [2.75, 3.05) is 19.6 Å². The van der Waals surface area contributed by atoms with Crippen LogP contribution in [0, 0.1) is 6.92 Å². The van der Waals surface area contributed by atoms with Crippen LogP contribution in [0.1, 0.15) is 23.0 Å². The number of carbonyl (C=O) groups is 1. The van der Waals surface area contributed by atoms with Crippen molar-refractivity contribution in [2.24, 2.45) is 0 Å². The Balaban J connectivity index is 0.00000128. The number of halogens is 1. The Morgan fingerprint density at radius 2 is 2.38 bits per heavy atom. The number of hydrogen-bond donors (Lipinski definition) is 1. The highest BCUT2D eigenvalue weighted by molar-refractivity contribution is 5.95. The van der Waals surface area contributed by atoms with E-state index in [1.807, 2.05) is 11.8 Å². The van der Waals surface area contributed by atoms with Crippen LogP contribution < -0.4 is 5.32 Å².